The summed E-state index contributed by atoms with van der Waals surface area (Å²) in [4.78, 5) is 23.9. The maximum Gasteiger partial charge on any atom is 0.253 e. The zero-order chi connectivity index (χ0) is 16.7. The van der Waals surface area contributed by atoms with Crippen molar-refractivity contribution in [2.24, 2.45) is 0 Å². The van der Waals surface area contributed by atoms with Crippen LogP contribution in [0.2, 0.25) is 0 Å². The summed E-state index contributed by atoms with van der Waals surface area (Å²) in [6.07, 6.45) is -0.0762. The summed E-state index contributed by atoms with van der Waals surface area (Å²) >= 11 is 1.86. The molecule has 1 aliphatic rings. The number of carbonyl (C=O) groups excluding carboxylic acids is 2. The molecule has 1 fully saturated rings. The second-order valence-corrected chi connectivity index (χ2v) is 6.58. The Morgan fingerprint density at radius 3 is 2.71 bits per heavy atom. The second-order valence-electron chi connectivity index (χ2n) is 5.43. The Bertz CT molecular complexity index is 553. The van der Waals surface area contributed by atoms with Gasteiger partial charge < -0.3 is 20.7 Å². The predicted molar refractivity (Wildman–Crippen MR) is 101 cm³/mol. The topological polar surface area (TPSA) is 79.5 Å². The number of hydrogen-bond acceptors (Lipinski definition) is 5. The van der Waals surface area contributed by atoms with Gasteiger partial charge in [-0.15, -0.1) is 12.4 Å². The fourth-order valence-corrected chi connectivity index (χ4v) is 3.16. The number of rotatable bonds is 6. The molecule has 2 unspecified atom stereocenters. The minimum absolute atomic E-state index is 0. The molecule has 134 valence electrons. The van der Waals surface area contributed by atoms with E-state index in [0.29, 0.717) is 17.8 Å². The quantitative estimate of drug-likeness (QED) is 0.711. The van der Waals surface area contributed by atoms with Crippen LogP contribution in [0.5, 0.6) is 0 Å². The molecule has 1 saturated heterocycles. The molecule has 24 heavy (non-hydrogen) atoms. The third-order valence-corrected chi connectivity index (χ3v) is 4.70. The summed E-state index contributed by atoms with van der Waals surface area (Å²) in [5, 5.41) is 8.97. The summed E-state index contributed by atoms with van der Waals surface area (Å²) in [5.41, 5.74) is 1.30. The Labute approximate surface area is 152 Å². The first-order valence-electron chi connectivity index (χ1n) is 7.63. The lowest BCUT2D eigenvalue weighted by molar-refractivity contribution is -0.124. The number of anilines is 2. The normalized spacial score (nSPS) is 18.2. The molecule has 0 saturated carbocycles. The van der Waals surface area contributed by atoms with Crippen LogP contribution in [-0.2, 0) is 14.3 Å². The molecule has 8 heteroatoms. The van der Waals surface area contributed by atoms with E-state index in [1.54, 1.807) is 31.2 Å². The van der Waals surface area contributed by atoms with E-state index < -0.39 is 6.10 Å². The first kappa shape index (κ1) is 20.8. The van der Waals surface area contributed by atoms with Gasteiger partial charge in [-0.2, -0.15) is 11.8 Å². The maximum absolute atomic E-state index is 12.1. The highest BCUT2D eigenvalue weighted by Crippen LogP contribution is 2.17. The zero-order valence-corrected chi connectivity index (χ0v) is 15.5. The second kappa shape index (κ2) is 10.6. The van der Waals surface area contributed by atoms with Crippen LogP contribution < -0.4 is 16.0 Å². The van der Waals surface area contributed by atoms with Crippen molar-refractivity contribution in [2.45, 2.75) is 25.5 Å². The van der Waals surface area contributed by atoms with E-state index in [9.17, 15) is 9.59 Å². The number of nitrogens with one attached hydrogen (secondary N) is 3. The molecular weight excluding hydrogens is 350 g/mol. The number of carbonyl (C=O) groups is 2. The Hall–Kier alpha value is -1.28. The van der Waals surface area contributed by atoms with Crippen LogP contribution in [0, 0.1) is 0 Å². The van der Waals surface area contributed by atoms with Gasteiger partial charge in [0, 0.05) is 49.0 Å². The van der Waals surface area contributed by atoms with Crippen LogP contribution in [0.1, 0.15) is 13.3 Å². The van der Waals surface area contributed by atoms with Crippen molar-refractivity contribution in [3.8, 4) is 0 Å². The van der Waals surface area contributed by atoms with Gasteiger partial charge in [-0.25, -0.2) is 0 Å². The molecular formula is C16H24ClN3O3S. The van der Waals surface area contributed by atoms with E-state index in [0.717, 1.165) is 18.1 Å². The van der Waals surface area contributed by atoms with E-state index in [2.05, 4.69) is 16.0 Å². The minimum atomic E-state index is -0.525. The van der Waals surface area contributed by atoms with Crippen molar-refractivity contribution >= 4 is 47.4 Å². The maximum atomic E-state index is 12.1. The van der Waals surface area contributed by atoms with E-state index in [-0.39, 0.29) is 30.3 Å². The summed E-state index contributed by atoms with van der Waals surface area (Å²) in [6, 6.07) is 7.32. The van der Waals surface area contributed by atoms with Crippen molar-refractivity contribution in [1.82, 2.24) is 5.32 Å². The van der Waals surface area contributed by atoms with Gasteiger partial charge in [-0.05, 0) is 25.1 Å². The fraction of sp³-hybridized carbons (Fsp3) is 0.500. The van der Waals surface area contributed by atoms with Crippen LogP contribution in [-0.4, -0.2) is 49.1 Å². The van der Waals surface area contributed by atoms with Crippen LogP contribution in [0.25, 0.3) is 0 Å². The van der Waals surface area contributed by atoms with Gasteiger partial charge in [0.15, 0.2) is 0 Å². The zero-order valence-electron chi connectivity index (χ0n) is 13.8. The molecule has 0 aliphatic carbocycles. The molecule has 2 atom stereocenters. The van der Waals surface area contributed by atoms with Crippen molar-refractivity contribution < 1.29 is 14.3 Å². The summed E-state index contributed by atoms with van der Waals surface area (Å²) < 4.78 is 4.97. The van der Waals surface area contributed by atoms with Crippen LogP contribution in [0.4, 0.5) is 11.4 Å². The molecule has 1 heterocycles. The average molecular weight is 374 g/mol. The number of methoxy groups -OCH3 is 1. The van der Waals surface area contributed by atoms with Crippen molar-refractivity contribution in [1.29, 1.82) is 0 Å². The lowest BCUT2D eigenvalue weighted by Gasteiger charge is -2.22. The molecule has 1 aliphatic heterocycles. The van der Waals surface area contributed by atoms with Gasteiger partial charge in [-0.1, -0.05) is 6.07 Å². The van der Waals surface area contributed by atoms with E-state index in [4.69, 9.17) is 4.74 Å². The van der Waals surface area contributed by atoms with Crippen LogP contribution in [0.15, 0.2) is 24.3 Å². The third kappa shape index (κ3) is 6.68. The highest BCUT2D eigenvalue weighted by Gasteiger charge is 2.17. The van der Waals surface area contributed by atoms with Crippen molar-refractivity contribution in [2.75, 3.05) is 35.8 Å². The van der Waals surface area contributed by atoms with E-state index in [1.165, 1.54) is 7.11 Å². The molecule has 1 aromatic rings. The molecule has 0 aromatic heterocycles. The summed E-state index contributed by atoms with van der Waals surface area (Å²) in [6.45, 7) is 2.62. The Morgan fingerprint density at radius 1 is 1.38 bits per heavy atom. The van der Waals surface area contributed by atoms with Gasteiger partial charge >= 0.3 is 0 Å². The lowest BCUT2D eigenvalue weighted by Crippen LogP contribution is -2.39. The fourth-order valence-electron chi connectivity index (χ4n) is 2.21. The molecule has 2 rings (SSSR count). The number of benzene rings is 1. The Kier molecular flexibility index (Phi) is 9.13. The third-order valence-electron chi connectivity index (χ3n) is 3.57. The van der Waals surface area contributed by atoms with E-state index in [1.807, 2.05) is 11.8 Å². The smallest absolute Gasteiger partial charge is 0.253 e. The monoisotopic (exact) mass is 373 g/mol. The highest BCUT2D eigenvalue weighted by atomic mass is 35.5. The molecule has 0 radical (unpaired) electrons. The number of ether oxygens (including phenoxy) is 1. The first-order chi connectivity index (χ1) is 11.1. The minimum Gasteiger partial charge on any atom is -0.372 e. The van der Waals surface area contributed by atoms with Gasteiger partial charge in [0.1, 0.15) is 6.10 Å². The van der Waals surface area contributed by atoms with Gasteiger partial charge in [0.2, 0.25) is 5.91 Å². The molecule has 0 spiro atoms. The molecule has 2 amide bonds. The van der Waals surface area contributed by atoms with Crippen molar-refractivity contribution in [3.63, 3.8) is 0 Å². The standard InChI is InChI=1S/C16H23N3O3S.ClH/c1-11(22-2)16(21)19-13-5-3-4-12(8-13)18-15(20)9-14-10-23-7-6-17-14;/h3-5,8,11,14,17H,6-7,9-10H2,1-2H3,(H,18,20)(H,19,21);1H. The predicted octanol–water partition coefficient (Wildman–Crippen LogP) is 2.12. The van der Waals surface area contributed by atoms with Gasteiger partial charge in [-0.3, -0.25) is 9.59 Å². The lowest BCUT2D eigenvalue weighted by atomic mass is 10.2. The van der Waals surface area contributed by atoms with Crippen molar-refractivity contribution in [3.05, 3.63) is 24.3 Å². The Balaban J connectivity index is 0.00000288. The molecule has 1 aromatic carbocycles. The summed E-state index contributed by atoms with van der Waals surface area (Å²) in [5.74, 6) is 1.80. The number of amides is 2. The summed E-state index contributed by atoms with van der Waals surface area (Å²) in [7, 11) is 1.48. The largest absolute Gasteiger partial charge is 0.372 e. The average Bonchev–Trinajstić information content (AvgIpc) is 2.55. The molecule has 0 bridgehead atoms. The van der Waals surface area contributed by atoms with Crippen LogP contribution in [0.3, 0.4) is 0 Å². The SMILES string of the molecule is COC(C)C(=O)Nc1cccc(NC(=O)CC2CSCCN2)c1.Cl. The molecule has 3 N–H and O–H groups in total. The first-order valence-corrected chi connectivity index (χ1v) is 8.78. The van der Waals surface area contributed by atoms with E-state index >= 15 is 0 Å². The number of thioether (sulfide) groups is 1. The number of hydrogen-bond donors (Lipinski definition) is 3. The number of halogens is 1. The van der Waals surface area contributed by atoms with Crippen LogP contribution >= 0.6 is 24.2 Å². The Morgan fingerprint density at radius 2 is 2.08 bits per heavy atom. The molecule has 6 nitrogen and oxygen atoms in total. The van der Waals surface area contributed by atoms with Gasteiger partial charge in [0.05, 0.1) is 0 Å². The highest BCUT2D eigenvalue weighted by molar-refractivity contribution is 7.99. The van der Waals surface area contributed by atoms with Gasteiger partial charge in [0.25, 0.3) is 5.91 Å².